The summed E-state index contributed by atoms with van der Waals surface area (Å²) in [5, 5.41) is 0. The highest BCUT2D eigenvalue weighted by Crippen LogP contribution is 2.28. The first-order valence-corrected chi connectivity index (χ1v) is 8.91. The first-order chi connectivity index (χ1) is 12.1. The third-order valence-corrected chi connectivity index (χ3v) is 5.04. The molecule has 0 bridgehead atoms. The summed E-state index contributed by atoms with van der Waals surface area (Å²) in [6.45, 7) is 5.74. The SMILES string of the molecule is CC1(CN)CCN(CC(=O)N(Cc2ccccc2)c2ccccc2)C1.Cl. The van der Waals surface area contributed by atoms with E-state index in [1.54, 1.807) is 0 Å². The van der Waals surface area contributed by atoms with Crippen LogP contribution in [0.15, 0.2) is 60.7 Å². The minimum atomic E-state index is 0. The number of anilines is 1. The predicted octanol–water partition coefficient (Wildman–Crippen LogP) is 3.31. The van der Waals surface area contributed by atoms with Gasteiger partial charge in [-0.2, -0.15) is 0 Å². The van der Waals surface area contributed by atoms with Crippen LogP contribution >= 0.6 is 12.4 Å². The molecule has 0 saturated carbocycles. The Hall–Kier alpha value is -1.88. The van der Waals surface area contributed by atoms with E-state index in [4.69, 9.17) is 5.73 Å². The number of carbonyl (C=O) groups excluding carboxylic acids is 1. The van der Waals surface area contributed by atoms with E-state index in [0.717, 1.165) is 30.8 Å². The van der Waals surface area contributed by atoms with Crippen molar-refractivity contribution in [3.8, 4) is 0 Å². The van der Waals surface area contributed by atoms with Crippen LogP contribution in [0.1, 0.15) is 18.9 Å². The summed E-state index contributed by atoms with van der Waals surface area (Å²) < 4.78 is 0. The first kappa shape index (κ1) is 20.4. The molecule has 4 nitrogen and oxygen atoms in total. The molecule has 1 fully saturated rings. The van der Waals surface area contributed by atoms with Gasteiger partial charge in [-0.25, -0.2) is 0 Å². The van der Waals surface area contributed by atoms with Gasteiger partial charge in [0, 0.05) is 12.2 Å². The van der Waals surface area contributed by atoms with Crippen LogP contribution in [0.4, 0.5) is 5.69 Å². The molecule has 0 spiro atoms. The van der Waals surface area contributed by atoms with Crippen molar-refractivity contribution in [2.75, 3.05) is 31.1 Å². The number of hydrogen-bond donors (Lipinski definition) is 1. The van der Waals surface area contributed by atoms with Crippen molar-refractivity contribution < 1.29 is 4.79 Å². The first-order valence-electron chi connectivity index (χ1n) is 8.91. The van der Waals surface area contributed by atoms with Gasteiger partial charge in [0.2, 0.25) is 5.91 Å². The van der Waals surface area contributed by atoms with E-state index in [1.165, 1.54) is 0 Å². The van der Waals surface area contributed by atoms with Crippen LogP contribution in [0.25, 0.3) is 0 Å². The van der Waals surface area contributed by atoms with Crippen molar-refractivity contribution >= 4 is 24.0 Å². The van der Waals surface area contributed by atoms with Crippen molar-refractivity contribution in [1.82, 2.24) is 4.90 Å². The number of nitrogens with zero attached hydrogens (tertiary/aromatic N) is 2. The number of halogens is 1. The fraction of sp³-hybridized carbons (Fsp3) is 0.381. The monoisotopic (exact) mass is 373 g/mol. The Kier molecular flexibility index (Phi) is 7.21. The largest absolute Gasteiger partial charge is 0.330 e. The van der Waals surface area contributed by atoms with Gasteiger partial charge in [-0.15, -0.1) is 12.4 Å². The molecular formula is C21H28ClN3O. The maximum atomic E-state index is 13.1. The highest BCUT2D eigenvalue weighted by atomic mass is 35.5. The Morgan fingerprint density at radius 3 is 2.31 bits per heavy atom. The summed E-state index contributed by atoms with van der Waals surface area (Å²) in [4.78, 5) is 17.2. The van der Waals surface area contributed by atoms with Gasteiger partial charge in [-0.1, -0.05) is 55.5 Å². The van der Waals surface area contributed by atoms with Crippen LogP contribution in [0.5, 0.6) is 0 Å². The minimum Gasteiger partial charge on any atom is -0.330 e. The predicted molar refractivity (Wildman–Crippen MR) is 110 cm³/mol. The lowest BCUT2D eigenvalue weighted by Gasteiger charge is -2.27. The van der Waals surface area contributed by atoms with Crippen LogP contribution in [-0.4, -0.2) is 37.0 Å². The zero-order chi connectivity index (χ0) is 17.7. The highest BCUT2D eigenvalue weighted by molar-refractivity contribution is 5.94. The molecule has 5 heteroatoms. The molecule has 1 saturated heterocycles. The number of rotatable bonds is 6. The van der Waals surface area contributed by atoms with Gasteiger partial charge in [0.25, 0.3) is 0 Å². The summed E-state index contributed by atoms with van der Waals surface area (Å²) >= 11 is 0. The summed E-state index contributed by atoms with van der Waals surface area (Å²) in [5.74, 6) is 0.135. The lowest BCUT2D eigenvalue weighted by atomic mass is 9.90. The molecule has 140 valence electrons. The van der Waals surface area contributed by atoms with Crippen molar-refractivity contribution in [3.05, 3.63) is 66.2 Å². The average Bonchev–Trinajstić information content (AvgIpc) is 3.02. The summed E-state index contributed by atoms with van der Waals surface area (Å²) in [6, 6.07) is 20.0. The van der Waals surface area contributed by atoms with Crippen molar-refractivity contribution in [2.24, 2.45) is 11.1 Å². The van der Waals surface area contributed by atoms with Crippen LogP contribution in [-0.2, 0) is 11.3 Å². The smallest absolute Gasteiger partial charge is 0.241 e. The lowest BCUT2D eigenvalue weighted by molar-refractivity contribution is -0.119. The van der Waals surface area contributed by atoms with Crippen LogP contribution in [0.2, 0.25) is 0 Å². The minimum absolute atomic E-state index is 0. The molecule has 1 unspecified atom stereocenters. The second kappa shape index (κ2) is 9.17. The Bertz CT molecular complexity index is 695. The van der Waals surface area contributed by atoms with Gasteiger partial charge in [0.1, 0.15) is 0 Å². The zero-order valence-electron chi connectivity index (χ0n) is 15.3. The van der Waals surface area contributed by atoms with E-state index < -0.39 is 0 Å². The fourth-order valence-electron chi connectivity index (χ4n) is 3.40. The molecule has 1 aliphatic heterocycles. The summed E-state index contributed by atoms with van der Waals surface area (Å²) in [5.41, 5.74) is 8.10. The molecule has 2 N–H and O–H groups in total. The molecule has 3 rings (SSSR count). The van der Waals surface area contributed by atoms with Gasteiger partial charge in [-0.3, -0.25) is 9.69 Å². The second-order valence-electron chi connectivity index (χ2n) is 7.28. The molecule has 1 heterocycles. The maximum absolute atomic E-state index is 13.1. The average molecular weight is 374 g/mol. The van der Waals surface area contributed by atoms with E-state index in [0.29, 0.717) is 19.6 Å². The molecule has 1 atom stereocenters. The molecule has 1 amide bonds. The molecule has 1 aliphatic rings. The number of para-hydroxylation sites is 1. The van der Waals surface area contributed by atoms with Crippen molar-refractivity contribution in [1.29, 1.82) is 0 Å². The number of nitrogens with two attached hydrogens (primary N) is 1. The van der Waals surface area contributed by atoms with Crippen molar-refractivity contribution in [2.45, 2.75) is 19.9 Å². The van der Waals surface area contributed by atoms with Crippen LogP contribution in [0.3, 0.4) is 0 Å². The molecule has 2 aromatic carbocycles. The molecular weight excluding hydrogens is 346 g/mol. The van der Waals surface area contributed by atoms with Crippen LogP contribution < -0.4 is 10.6 Å². The highest BCUT2D eigenvalue weighted by Gasteiger charge is 2.33. The quantitative estimate of drug-likeness (QED) is 0.845. The normalized spacial score (nSPS) is 19.8. The summed E-state index contributed by atoms with van der Waals surface area (Å²) in [7, 11) is 0. The number of likely N-dealkylation sites (tertiary alicyclic amines) is 1. The van der Waals surface area contributed by atoms with Gasteiger partial charge < -0.3 is 10.6 Å². The molecule has 2 aromatic rings. The van der Waals surface area contributed by atoms with E-state index in [-0.39, 0.29) is 23.7 Å². The van der Waals surface area contributed by atoms with E-state index >= 15 is 0 Å². The standard InChI is InChI=1S/C21H27N3O.ClH/c1-21(16-22)12-13-23(17-21)15-20(25)24(19-10-6-3-7-11-19)14-18-8-4-2-5-9-18;/h2-11H,12-17,22H2,1H3;1H. The molecule has 26 heavy (non-hydrogen) atoms. The fourth-order valence-corrected chi connectivity index (χ4v) is 3.40. The molecule has 0 aromatic heterocycles. The second-order valence-corrected chi connectivity index (χ2v) is 7.28. The third kappa shape index (κ3) is 5.07. The molecule has 0 aliphatic carbocycles. The van der Waals surface area contributed by atoms with Gasteiger partial charge in [-0.05, 0) is 42.6 Å². The lowest BCUT2D eigenvalue weighted by Crippen LogP contribution is -2.40. The van der Waals surface area contributed by atoms with Gasteiger partial charge >= 0.3 is 0 Å². The van der Waals surface area contributed by atoms with E-state index in [9.17, 15) is 4.79 Å². The number of hydrogen-bond acceptors (Lipinski definition) is 3. The molecule has 0 radical (unpaired) electrons. The zero-order valence-corrected chi connectivity index (χ0v) is 16.1. The van der Waals surface area contributed by atoms with E-state index in [1.807, 2.05) is 53.4 Å². The Morgan fingerprint density at radius 2 is 1.73 bits per heavy atom. The third-order valence-electron chi connectivity index (χ3n) is 5.04. The van der Waals surface area contributed by atoms with Crippen molar-refractivity contribution in [3.63, 3.8) is 0 Å². The number of amides is 1. The Morgan fingerprint density at radius 1 is 1.12 bits per heavy atom. The van der Waals surface area contributed by atoms with E-state index in [2.05, 4.69) is 24.0 Å². The topological polar surface area (TPSA) is 49.6 Å². The number of benzene rings is 2. The Balaban J connectivity index is 0.00000243. The summed E-state index contributed by atoms with van der Waals surface area (Å²) in [6.07, 6.45) is 1.06. The van der Waals surface area contributed by atoms with Gasteiger partial charge in [0.05, 0.1) is 13.1 Å². The van der Waals surface area contributed by atoms with Gasteiger partial charge in [0.15, 0.2) is 0 Å². The Labute approximate surface area is 162 Å². The maximum Gasteiger partial charge on any atom is 0.241 e. The van der Waals surface area contributed by atoms with Crippen LogP contribution in [0, 0.1) is 5.41 Å². The number of carbonyl (C=O) groups is 1.